The van der Waals surface area contributed by atoms with Gasteiger partial charge in [-0.25, -0.2) is 0 Å². The minimum absolute atomic E-state index is 0.259. The molecule has 2 aromatic rings. The van der Waals surface area contributed by atoms with Crippen LogP contribution in [0.15, 0.2) is 48.9 Å². The van der Waals surface area contributed by atoms with Crippen molar-refractivity contribution in [1.82, 2.24) is 14.9 Å². The van der Waals surface area contributed by atoms with E-state index in [1.165, 1.54) is 11.1 Å². The van der Waals surface area contributed by atoms with Crippen molar-refractivity contribution < 1.29 is 4.79 Å². The van der Waals surface area contributed by atoms with Gasteiger partial charge in [0, 0.05) is 25.6 Å². The van der Waals surface area contributed by atoms with E-state index in [2.05, 4.69) is 16.0 Å². The highest BCUT2D eigenvalue weighted by molar-refractivity contribution is 5.94. The molecule has 0 aliphatic heterocycles. The number of carbonyl (C=O) groups is 1. The fourth-order valence-electron chi connectivity index (χ4n) is 1.70. The number of amides is 1. The van der Waals surface area contributed by atoms with Gasteiger partial charge >= 0.3 is 0 Å². The topological polar surface area (TPSA) is 69.9 Å². The molecule has 2 rings (SSSR count). The van der Waals surface area contributed by atoms with Gasteiger partial charge < -0.3 is 4.90 Å². The number of pyridine rings is 2. The summed E-state index contributed by atoms with van der Waals surface area (Å²) >= 11 is 0. The maximum atomic E-state index is 12.2. The number of carbonyl (C=O) groups excluding carboxylic acids is 1. The third-order valence-electron chi connectivity index (χ3n) is 2.71. The fourth-order valence-corrected chi connectivity index (χ4v) is 1.70. The van der Waals surface area contributed by atoms with Crippen molar-refractivity contribution in [3.05, 3.63) is 60.2 Å². The lowest BCUT2D eigenvalue weighted by Gasteiger charge is -2.22. The summed E-state index contributed by atoms with van der Waals surface area (Å²) in [5.41, 5.74) is 0.992. The number of hydrogen-bond acceptors (Lipinski definition) is 4. The van der Waals surface area contributed by atoms with Gasteiger partial charge in [-0.3, -0.25) is 14.8 Å². The van der Waals surface area contributed by atoms with Crippen LogP contribution in [-0.2, 0) is 0 Å². The zero-order valence-electron chi connectivity index (χ0n) is 10.4. The second-order valence-electron chi connectivity index (χ2n) is 3.94. The molecule has 0 saturated heterocycles. The van der Waals surface area contributed by atoms with E-state index in [-0.39, 0.29) is 5.91 Å². The lowest BCUT2D eigenvalue weighted by molar-refractivity contribution is 0.0760. The van der Waals surface area contributed by atoms with E-state index in [4.69, 9.17) is 0 Å². The highest BCUT2D eigenvalue weighted by Crippen LogP contribution is 2.18. The standard InChI is InChI=1S/C14H12N4O/c1-18(14(19)11-5-4-7-16-10-11)13(9-15)12-6-2-3-8-17-12/h2-8,10,13H,1H3. The third-order valence-corrected chi connectivity index (χ3v) is 2.71. The molecule has 0 aliphatic carbocycles. The zero-order valence-corrected chi connectivity index (χ0v) is 10.4. The summed E-state index contributed by atoms with van der Waals surface area (Å²) in [5.74, 6) is -0.259. The van der Waals surface area contributed by atoms with E-state index in [9.17, 15) is 10.1 Å². The van der Waals surface area contributed by atoms with Gasteiger partial charge in [0.2, 0.25) is 0 Å². The molecule has 0 spiro atoms. The molecule has 0 aliphatic rings. The van der Waals surface area contributed by atoms with E-state index < -0.39 is 6.04 Å². The first kappa shape index (κ1) is 12.7. The van der Waals surface area contributed by atoms with Crippen LogP contribution in [0.5, 0.6) is 0 Å². The van der Waals surface area contributed by atoms with Crippen molar-refractivity contribution in [2.24, 2.45) is 0 Å². The third kappa shape index (κ3) is 2.75. The Kier molecular flexibility index (Phi) is 3.84. The first-order chi connectivity index (χ1) is 9.24. The highest BCUT2D eigenvalue weighted by atomic mass is 16.2. The van der Waals surface area contributed by atoms with Gasteiger partial charge in [-0.2, -0.15) is 5.26 Å². The van der Waals surface area contributed by atoms with Crippen molar-refractivity contribution in [2.75, 3.05) is 7.05 Å². The Bertz CT molecular complexity index is 592. The van der Waals surface area contributed by atoms with E-state index in [1.54, 1.807) is 49.8 Å². The summed E-state index contributed by atoms with van der Waals surface area (Å²) in [7, 11) is 1.58. The van der Waals surface area contributed by atoms with Crippen LogP contribution < -0.4 is 0 Å². The zero-order chi connectivity index (χ0) is 13.7. The maximum absolute atomic E-state index is 12.2. The lowest BCUT2D eigenvalue weighted by Crippen LogP contribution is -2.31. The molecular formula is C14H12N4O. The first-order valence-electron chi connectivity index (χ1n) is 5.71. The van der Waals surface area contributed by atoms with Crippen LogP contribution in [0.4, 0.5) is 0 Å². The van der Waals surface area contributed by atoms with Crippen LogP contribution >= 0.6 is 0 Å². The van der Waals surface area contributed by atoms with Gasteiger partial charge in [0.1, 0.15) is 0 Å². The molecule has 0 aromatic carbocycles. The maximum Gasteiger partial charge on any atom is 0.256 e. The minimum atomic E-state index is -0.714. The van der Waals surface area contributed by atoms with Crippen molar-refractivity contribution in [2.45, 2.75) is 6.04 Å². The lowest BCUT2D eigenvalue weighted by atomic mass is 10.1. The molecule has 1 amide bonds. The van der Waals surface area contributed by atoms with Gasteiger partial charge in [0.15, 0.2) is 6.04 Å². The Labute approximate surface area is 111 Å². The number of nitrogens with zero attached hydrogens (tertiary/aromatic N) is 4. The van der Waals surface area contributed by atoms with Crippen molar-refractivity contribution in [3.8, 4) is 6.07 Å². The molecule has 0 bridgehead atoms. The van der Waals surface area contributed by atoms with E-state index >= 15 is 0 Å². The normalized spacial score (nSPS) is 11.4. The molecule has 2 heterocycles. The van der Waals surface area contributed by atoms with Crippen LogP contribution in [0.1, 0.15) is 22.1 Å². The molecule has 0 radical (unpaired) electrons. The predicted octanol–water partition coefficient (Wildman–Crippen LogP) is 1.81. The average Bonchev–Trinajstić information content (AvgIpc) is 2.49. The quantitative estimate of drug-likeness (QED) is 0.835. The van der Waals surface area contributed by atoms with Gasteiger partial charge in [-0.15, -0.1) is 0 Å². The molecule has 0 saturated carbocycles. The number of rotatable bonds is 3. The number of nitriles is 1. The van der Waals surface area contributed by atoms with Crippen molar-refractivity contribution in [3.63, 3.8) is 0 Å². The molecule has 94 valence electrons. The summed E-state index contributed by atoms with van der Waals surface area (Å²) < 4.78 is 0. The number of aromatic nitrogens is 2. The smallest absolute Gasteiger partial charge is 0.256 e. The summed E-state index contributed by atoms with van der Waals surface area (Å²) in [6.45, 7) is 0. The van der Waals surface area contributed by atoms with E-state index in [1.807, 2.05) is 0 Å². The highest BCUT2D eigenvalue weighted by Gasteiger charge is 2.23. The monoisotopic (exact) mass is 252 g/mol. The van der Waals surface area contributed by atoms with Gasteiger partial charge in [-0.05, 0) is 24.3 Å². The summed E-state index contributed by atoms with van der Waals surface area (Å²) in [5, 5.41) is 9.25. The van der Waals surface area contributed by atoms with Crippen molar-refractivity contribution in [1.29, 1.82) is 5.26 Å². The summed E-state index contributed by atoms with van der Waals surface area (Å²) in [6, 6.07) is 10.0. The van der Waals surface area contributed by atoms with Gasteiger partial charge in [-0.1, -0.05) is 6.07 Å². The first-order valence-corrected chi connectivity index (χ1v) is 5.71. The minimum Gasteiger partial charge on any atom is -0.320 e. The molecule has 0 fully saturated rings. The molecule has 2 aromatic heterocycles. The Morgan fingerprint density at radius 1 is 1.32 bits per heavy atom. The molecule has 5 heteroatoms. The molecule has 5 nitrogen and oxygen atoms in total. The fraction of sp³-hybridized carbons (Fsp3) is 0.143. The van der Waals surface area contributed by atoms with Crippen LogP contribution in [0.25, 0.3) is 0 Å². The van der Waals surface area contributed by atoms with E-state index in [0.29, 0.717) is 11.3 Å². The Hall–Kier alpha value is -2.74. The second-order valence-corrected chi connectivity index (χ2v) is 3.94. The molecule has 1 unspecified atom stereocenters. The van der Waals surface area contributed by atoms with Crippen LogP contribution in [0, 0.1) is 11.3 Å². The van der Waals surface area contributed by atoms with Crippen LogP contribution in [0.3, 0.4) is 0 Å². The van der Waals surface area contributed by atoms with E-state index in [0.717, 1.165) is 0 Å². The average molecular weight is 252 g/mol. The second kappa shape index (κ2) is 5.74. The molecule has 1 atom stereocenters. The SMILES string of the molecule is CN(C(=O)c1cccnc1)C(C#N)c1ccccn1. The predicted molar refractivity (Wildman–Crippen MR) is 68.9 cm³/mol. The molecular weight excluding hydrogens is 240 g/mol. The Morgan fingerprint density at radius 2 is 2.16 bits per heavy atom. The Morgan fingerprint density at radius 3 is 2.74 bits per heavy atom. The van der Waals surface area contributed by atoms with Crippen molar-refractivity contribution >= 4 is 5.91 Å². The molecule has 0 N–H and O–H groups in total. The Balaban J connectivity index is 2.26. The molecule has 19 heavy (non-hydrogen) atoms. The summed E-state index contributed by atoms with van der Waals surface area (Å²) in [6.07, 6.45) is 4.67. The van der Waals surface area contributed by atoms with Gasteiger partial charge in [0.25, 0.3) is 5.91 Å². The van der Waals surface area contributed by atoms with Crippen LogP contribution in [-0.4, -0.2) is 27.8 Å². The summed E-state index contributed by atoms with van der Waals surface area (Å²) in [4.78, 5) is 21.6. The largest absolute Gasteiger partial charge is 0.320 e. The van der Waals surface area contributed by atoms with Crippen LogP contribution in [0.2, 0.25) is 0 Å². The number of hydrogen-bond donors (Lipinski definition) is 0. The van der Waals surface area contributed by atoms with Gasteiger partial charge in [0.05, 0.1) is 17.3 Å².